The molecule has 1 unspecified atom stereocenters. The number of carbonyl (C=O) groups excluding carboxylic acids is 1. The highest BCUT2D eigenvalue weighted by molar-refractivity contribution is 5.79. The molecule has 1 aromatic rings. The van der Waals surface area contributed by atoms with Gasteiger partial charge in [-0.3, -0.25) is 0 Å². The van der Waals surface area contributed by atoms with Gasteiger partial charge in [0, 0.05) is 11.3 Å². The Balaban J connectivity index is 1.74. The smallest absolute Gasteiger partial charge is 0.319 e. The number of carbonyl (C=O) groups is 1. The van der Waals surface area contributed by atoms with E-state index in [0.29, 0.717) is 0 Å². The third-order valence-corrected chi connectivity index (χ3v) is 6.82. The maximum atomic E-state index is 12.1. The van der Waals surface area contributed by atoms with Gasteiger partial charge >= 0.3 is 6.03 Å². The molecule has 0 bridgehead atoms. The van der Waals surface area contributed by atoms with Crippen LogP contribution in [0.1, 0.15) is 121 Å². The van der Waals surface area contributed by atoms with Gasteiger partial charge in [-0.15, -0.1) is 0 Å². The first-order valence-corrected chi connectivity index (χ1v) is 13.0. The van der Waals surface area contributed by atoms with Gasteiger partial charge in [-0.1, -0.05) is 96.1 Å². The molecule has 2 rings (SSSR count). The second-order valence-electron chi connectivity index (χ2n) is 9.37. The van der Waals surface area contributed by atoms with Crippen LogP contribution in [0, 0.1) is 0 Å². The summed E-state index contributed by atoms with van der Waals surface area (Å²) in [6.07, 6.45) is 18.8. The predicted octanol–water partition coefficient (Wildman–Crippen LogP) is 7.98. The van der Waals surface area contributed by atoms with Crippen LogP contribution in [0.25, 0.3) is 0 Å². The van der Waals surface area contributed by atoms with E-state index in [1.165, 1.54) is 89.0 Å². The lowest BCUT2D eigenvalue weighted by atomic mass is 9.90. The number of hydrogen-bond donors (Lipinski definition) is 2. The average molecular weight is 443 g/mol. The third-order valence-electron chi connectivity index (χ3n) is 6.82. The molecule has 4 nitrogen and oxygen atoms in total. The molecule has 1 aliphatic heterocycles. The zero-order chi connectivity index (χ0) is 23.2. The van der Waals surface area contributed by atoms with E-state index in [1.54, 1.807) is 7.11 Å². The van der Waals surface area contributed by atoms with Gasteiger partial charge in [-0.05, 0) is 43.9 Å². The van der Waals surface area contributed by atoms with Crippen LogP contribution in [0.2, 0.25) is 0 Å². The fraction of sp³-hybridized carbons (Fsp3) is 0.679. The van der Waals surface area contributed by atoms with Crippen molar-refractivity contribution in [3.63, 3.8) is 0 Å². The van der Waals surface area contributed by atoms with Gasteiger partial charge < -0.3 is 15.4 Å². The Hall–Kier alpha value is -1.97. The molecule has 0 saturated heterocycles. The van der Waals surface area contributed by atoms with Crippen molar-refractivity contribution in [2.45, 2.75) is 117 Å². The lowest BCUT2D eigenvalue weighted by Gasteiger charge is -2.30. The van der Waals surface area contributed by atoms with Crippen molar-refractivity contribution < 1.29 is 9.53 Å². The third kappa shape index (κ3) is 8.52. The minimum Gasteiger partial charge on any atom is -0.496 e. The van der Waals surface area contributed by atoms with Gasteiger partial charge in [-0.2, -0.15) is 0 Å². The molecule has 0 aromatic heterocycles. The van der Waals surface area contributed by atoms with Crippen LogP contribution in [-0.2, 0) is 6.42 Å². The molecule has 2 amide bonds. The Labute approximate surface area is 196 Å². The first-order valence-electron chi connectivity index (χ1n) is 13.0. The van der Waals surface area contributed by atoms with Gasteiger partial charge in [0.25, 0.3) is 0 Å². The minimum absolute atomic E-state index is 0.128. The topological polar surface area (TPSA) is 50.4 Å². The van der Waals surface area contributed by atoms with E-state index >= 15 is 0 Å². The molecular formula is C28H46N2O2. The van der Waals surface area contributed by atoms with Crippen molar-refractivity contribution >= 4 is 6.03 Å². The minimum atomic E-state index is -0.143. The van der Waals surface area contributed by atoms with E-state index in [0.717, 1.165) is 29.0 Å². The number of allylic oxidation sites excluding steroid dienone is 1. The molecule has 0 fully saturated rings. The molecule has 0 saturated carbocycles. The van der Waals surface area contributed by atoms with E-state index < -0.39 is 0 Å². The normalized spacial score (nSPS) is 16.1. The van der Waals surface area contributed by atoms with Gasteiger partial charge in [0.1, 0.15) is 5.75 Å². The van der Waals surface area contributed by atoms with Crippen molar-refractivity contribution in [2.24, 2.45) is 0 Å². The number of methoxy groups -OCH3 is 1. The van der Waals surface area contributed by atoms with Crippen molar-refractivity contribution in [3.8, 4) is 5.75 Å². The molecule has 0 spiro atoms. The maximum absolute atomic E-state index is 12.1. The molecule has 1 aliphatic rings. The predicted molar refractivity (Wildman–Crippen MR) is 135 cm³/mol. The van der Waals surface area contributed by atoms with Crippen LogP contribution in [0.15, 0.2) is 29.5 Å². The molecule has 4 heteroatoms. The quantitative estimate of drug-likeness (QED) is 0.255. The lowest BCUT2D eigenvalue weighted by Crippen LogP contribution is -2.43. The molecular weight excluding hydrogens is 396 g/mol. The summed E-state index contributed by atoms with van der Waals surface area (Å²) < 4.78 is 5.68. The Kier molecular flexibility index (Phi) is 12.3. The standard InChI is InChI=1S/C28H46N2O2/c1-5-6-7-8-9-10-11-12-13-14-15-16-17-19-24-20-18-21-25(32-4)26(24)27-22(2)23(3)29-28(31)30-27/h18,20-21,27H,5-17,19H2,1-4H3,(H2,29,30,31). The molecule has 2 N–H and O–H groups in total. The summed E-state index contributed by atoms with van der Waals surface area (Å²) in [4.78, 5) is 12.1. The number of amides is 2. The highest BCUT2D eigenvalue weighted by Gasteiger charge is 2.27. The van der Waals surface area contributed by atoms with Gasteiger partial charge in [0.2, 0.25) is 0 Å². The van der Waals surface area contributed by atoms with Crippen LogP contribution in [0.5, 0.6) is 5.75 Å². The van der Waals surface area contributed by atoms with E-state index in [2.05, 4.69) is 36.6 Å². The first kappa shape index (κ1) is 26.3. The fourth-order valence-electron chi connectivity index (χ4n) is 4.70. The second kappa shape index (κ2) is 15.0. The molecule has 1 heterocycles. The van der Waals surface area contributed by atoms with E-state index in [9.17, 15) is 4.79 Å². The molecule has 0 aliphatic carbocycles. The molecule has 0 radical (unpaired) electrons. The number of rotatable bonds is 16. The average Bonchev–Trinajstić information content (AvgIpc) is 2.79. The zero-order valence-corrected chi connectivity index (χ0v) is 21.0. The molecule has 1 atom stereocenters. The van der Waals surface area contributed by atoms with Gasteiger partial charge in [-0.25, -0.2) is 4.79 Å². The van der Waals surface area contributed by atoms with E-state index in [1.807, 2.05) is 13.0 Å². The largest absolute Gasteiger partial charge is 0.496 e. The number of nitrogens with one attached hydrogen (secondary N) is 2. The van der Waals surface area contributed by atoms with Crippen LogP contribution in [0.3, 0.4) is 0 Å². The highest BCUT2D eigenvalue weighted by Crippen LogP contribution is 2.36. The monoisotopic (exact) mass is 442 g/mol. The zero-order valence-electron chi connectivity index (χ0n) is 21.0. The number of benzene rings is 1. The van der Waals surface area contributed by atoms with Crippen molar-refractivity contribution in [3.05, 3.63) is 40.6 Å². The highest BCUT2D eigenvalue weighted by atomic mass is 16.5. The SMILES string of the molecule is CCCCCCCCCCCCCCCc1cccc(OC)c1C1NC(=O)NC(C)=C1C. The number of ether oxygens (including phenoxy) is 1. The second-order valence-corrected chi connectivity index (χ2v) is 9.37. The summed E-state index contributed by atoms with van der Waals surface area (Å²) in [5.41, 5.74) is 4.46. The number of hydrogen-bond acceptors (Lipinski definition) is 2. The summed E-state index contributed by atoms with van der Waals surface area (Å²) in [7, 11) is 1.71. The summed E-state index contributed by atoms with van der Waals surface area (Å²) in [6, 6.07) is 5.98. The van der Waals surface area contributed by atoms with Crippen molar-refractivity contribution in [2.75, 3.05) is 7.11 Å². The summed E-state index contributed by atoms with van der Waals surface area (Å²) in [5.74, 6) is 0.858. The van der Waals surface area contributed by atoms with Crippen molar-refractivity contribution in [1.82, 2.24) is 10.6 Å². The van der Waals surface area contributed by atoms with Crippen molar-refractivity contribution in [1.29, 1.82) is 0 Å². The number of urea groups is 1. The summed E-state index contributed by atoms with van der Waals surface area (Å²) in [5, 5.41) is 5.96. The van der Waals surface area contributed by atoms with Crippen LogP contribution in [0.4, 0.5) is 4.79 Å². The number of aryl methyl sites for hydroxylation is 1. The Morgan fingerprint density at radius 1 is 0.844 bits per heavy atom. The first-order chi connectivity index (χ1) is 15.6. The van der Waals surface area contributed by atoms with Crippen LogP contribution >= 0.6 is 0 Å². The lowest BCUT2D eigenvalue weighted by molar-refractivity contribution is 0.238. The Morgan fingerprint density at radius 2 is 1.41 bits per heavy atom. The maximum Gasteiger partial charge on any atom is 0.319 e. The van der Waals surface area contributed by atoms with Gasteiger partial charge in [0.15, 0.2) is 0 Å². The van der Waals surface area contributed by atoms with E-state index in [-0.39, 0.29) is 12.1 Å². The fourth-order valence-corrected chi connectivity index (χ4v) is 4.70. The van der Waals surface area contributed by atoms with Gasteiger partial charge in [0.05, 0.1) is 13.2 Å². The number of unbranched alkanes of at least 4 members (excludes halogenated alkanes) is 12. The van der Waals surface area contributed by atoms with Crippen LogP contribution < -0.4 is 15.4 Å². The Bertz CT molecular complexity index is 726. The molecule has 32 heavy (non-hydrogen) atoms. The van der Waals surface area contributed by atoms with Crippen LogP contribution in [-0.4, -0.2) is 13.1 Å². The van der Waals surface area contributed by atoms with E-state index in [4.69, 9.17) is 4.74 Å². The Morgan fingerprint density at radius 3 is 1.97 bits per heavy atom. The molecule has 180 valence electrons. The summed E-state index contributed by atoms with van der Waals surface area (Å²) in [6.45, 7) is 6.32. The molecule has 1 aromatic carbocycles. The summed E-state index contributed by atoms with van der Waals surface area (Å²) >= 11 is 0.